The van der Waals surface area contributed by atoms with Crippen molar-refractivity contribution in [3.8, 4) is 0 Å². The van der Waals surface area contributed by atoms with E-state index in [1.165, 1.54) is 23.5 Å². The van der Waals surface area contributed by atoms with Crippen LogP contribution in [0, 0.1) is 5.92 Å². The van der Waals surface area contributed by atoms with Crippen molar-refractivity contribution in [2.45, 2.75) is 19.5 Å². The molecular weight excluding hydrogens is 306 g/mol. The molecule has 1 aliphatic heterocycles. The Morgan fingerprint density at radius 2 is 2.38 bits per heavy atom. The summed E-state index contributed by atoms with van der Waals surface area (Å²) in [5.74, 6) is 0.687. The predicted octanol–water partition coefficient (Wildman–Crippen LogP) is 2.20. The van der Waals surface area contributed by atoms with Gasteiger partial charge in [-0.3, -0.25) is 9.88 Å². The van der Waals surface area contributed by atoms with Crippen LogP contribution in [-0.4, -0.2) is 39.1 Å². The molecule has 3 heterocycles. The second-order valence-corrected chi connectivity index (χ2v) is 6.74. The Kier molecular flexibility index (Phi) is 5.13. The molecular formula is C14H18ClN5S. The maximum Gasteiger partial charge on any atom is 0.138 e. The lowest BCUT2D eigenvalue weighted by Gasteiger charge is -2.24. The fraction of sp³-hybridized carbons (Fsp3) is 0.500. The average molecular weight is 324 g/mol. The quantitative estimate of drug-likeness (QED) is 0.883. The minimum absolute atomic E-state index is 0.687. The first-order chi connectivity index (χ1) is 10.3. The van der Waals surface area contributed by atoms with Crippen LogP contribution in [0.3, 0.4) is 0 Å². The molecule has 0 saturated carbocycles. The zero-order valence-corrected chi connectivity index (χ0v) is 13.3. The Morgan fingerprint density at radius 1 is 1.43 bits per heavy atom. The van der Waals surface area contributed by atoms with E-state index in [0.29, 0.717) is 10.3 Å². The highest BCUT2D eigenvalue weighted by molar-refractivity contribution is 7.10. The van der Waals surface area contributed by atoms with Crippen molar-refractivity contribution in [1.29, 1.82) is 0 Å². The average Bonchev–Trinajstić information content (AvgIpc) is 3.13. The van der Waals surface area contributed by atoms with Crippen LogP contribution >= 0.6 is 23.1 Å². The van der Waals surface area contributed by atoms with Crippen LogP contribution in [0.4, 0.5) is 0 Å². The molecule has 1 fully saturated rings. The highest BCUT2D eigenvalue weighted by Gasteiger charge is 2.20. The van der Waals surface area contributed by atoms with Crippen LogP contribution < -0.4 is 5.32 Å². The van der Waals surface area contributed by atoms with Gasteiger partial charge in [0.25, 0.3) is 0 Å². The second-order valence-electron chi connectivity index (χ2n) is 5.38. The van der Waals surface area contributed by atoms with E-state index in [4.69, 9.17) is 11.6 Å². The largest absolute Gasteiger partial charge is 0.316 e. The zero-order chi connectivity index (χ0) is 14.5. The van der Waals surface area contributed by atoms with Crippen molar-refractivity contribution in [3.05, 3.63) is 40.1 Å². The molecule has 3 rings (SSSR count). The number of hydrogen-bond donors (Lipinski definition) is 1. The van der Waals surface area contributed by atoms with Crippen molar-refractivity contribution in [3.63, 3.8) is 0 Å². The molecule has 0 aromatic carbocycles. The minimum atomic E-state index is 0.687. The molecule has 1 saturated heterocycles. The van der Waals surface area contributed by atoms with Crippen LogP contribution in [0.1, 0.15) is 17.7 Å². The SMILES string of the molecule is Clc1snnc1CN(Cc1cccnc1)CC1CCNC1. The molecule has 1 aliphatic rings. The lowest BCUT2D eigenvalue weighted by molar-refractivity contribution is 0.218. The number of hydrogen-bond acceptors (Lipinski definition) is 6. The smallest absolute Gasteiger partial charge is 0.138 e. The lowest BCUT2D eigenvalue weighted by atomic mass is 10.1. The Labute approximate surface area is 133 Å². The first-order valence-electron chi connectivity index (χ1n) is 7.10. The summed E-state index contributed by atoms with van der Waals surface area (Å²) in [5.41, 5.74) is 2.08. The number of nitrogens with zero attached hydrogens (tertiary/aromatic N) is 4. The van der Waals surface area contributed by atoms with Gasteiger partial charge in [-0.25, -0.2) is 0 Å². The molecule has 1 unspecified atom stereocenters. The van der Waals surface area contributed by atoms with Gasteiger partial charge in [0.1, 0.15) is 10.0 Å². The van der Waals surface area contributed by atoms with Crippen molar-refractivity contribution in [2.24, 2.45) is 5.92 Å². The van der Waals surface area contributed by atoms with Crippen LogP contribution in [0.15, 0.2) is 24.5 Å². The molecule has 2 aromatic heterocycles. The van der Waals surface area contributed by atoms with E-state index in [2.05, 4.69) is 30.9 Å². The van der Waals surface area contributed by atoms with Crippen molar-refractivity contribution < 1.29 is 0 Å². The Morgan fingerprint density at radius 3 is 3.05 bits per heavy atom. The lowest BCUT2D eigenvalue weighted by Crippen LogP contribution is -2.30. The molecule has 5 nitrogen and oxygen atoms in total. The molecule has 1 N–H and O–H groups in total. The molecule has 112 valence electrons. The third kappa shape index (κ3) is 4.20. The highest BCUT2D eigenvalue weighted by Crippen LogP contribution is 2.21. The van der Waals surface area contributed by atoms with E-state index in [1.807, 2.05) is 12.3 Å². The first kappa shape index (κ1) is 14.8. The molecule has 1 atom stereocenters. The molecule has 0 bridgehead atoms. The summed E-state index contributed by atoms with van der Waals surface area (Å²) < 4.78 is 4.61. The van der Waals surface area contributed by atoms with E-state index in [9.17, 15) is 0 Å². The van der Waals surface area contributed by atoms with Gasteiger partial charge in [0.15, 0.2) is 0 Å². The third-order valence-electron chi connectivity index (χ3n) is 3.69. The van der Waals surface area contributed by atoms with Gasteiger partial charge in [-0.05, 0) is 37.1 Å². The maximum absolute atomic E-state index is 6.15. The Balaban J connectivity index is 1.69. The summed E-state index contributed by atoms with van der Waals surface area (Å²) in [6, 6.07) is 4.08. The molecule has 21 heavy (non-hydrogen) atoms. The summed E-state index contributed by atoms with van der Waals surface area (Å²) in [5, 5.41) is 7.56. The summed E-state index contributed by atoms with van der Waals surface area (Å²) in [6.07, 6.45) is 4.95. The monoisotopic (exact) mass is 323 g/mol. The van der Waals surface area contributed by atoms with Gasteiger partial charge in [0.2, 0.25) is 0 Å². The van der Waals surface area contributed by atoms with Gasteiger partial charge in [-0.2, -0.15) is 0 Å². The fourth-order valence-corrected chi connectivity index (χ4v) is 3.29. The van der Waals surface area contributed by atoms with Gasteiger partial charge < -0.3 is 5.32 Å². The van der Waals surface area contributed by atoms with Crippen LogP contribution in [-0.2, 0) is 13.1 Å². The van der Waals surface area contributed by atoms with Crippen LogP contribution in [0.2, 0.25) is 4.34 Å². The van der Waals surface area contributed by atoms with Crippen LogP contribution in [0.5, 0.6) is 0 Å². The highest BCUT2D eigenvalue weighted by atomic mass is 35.5. The number of halogens is 1. The van der Waals surface area contributed by atoms with Crippen molar-refractivity contribution >= 4 is 23.1 Å². The molecule has 7 heteroatoms. The molecule has 0 spiro atoms. The van der Waals surface area contributed by atoms with Gasteiger partial charge in [0.05, 0.1) is 0 Å². The topological polar surface area (TPSA) is 53.9 Å². The number of rotatable bonds is 6. The summed E-state index contributed by atoms with van der Waals surface area (Å²) in [6.45, 7) is 4.84. The summed E-state index contributed by atoms with van der Waals surface area (Å²) in [7, 11) is 0. The van der Waals surface area contributed by atoms with E-state index in [-0.39, 0.29) is 0 Å². The first-order valence-corrected chi connectivity index (χ1v) is 8.25. The van der Waals surface area contributed by atoms with Gasteiger partial charge >= 0.3 is 0 Å². The number of nitrogens with one attached hydrogen (secondary N) is 1. The minimum Gasteiger partial charge on any atom is -0.316 e. The standard InChI is InChI=1S/C14H18ClN5S/c15-14-13(18-19-21-14)10-20(9-12-3-5-17-7-12)8-11-2-1-4-16-6-11/h1-2,4,6,12,17H,3,5,7-10H2. The molecule has 0 aliphatic carbocycles. The van der Waals surface area contributed by atoms with Crippen molar-refractivity contribution in [2.75, 3.05) is 19.6 Å². The summed E-state index contributed by atoms with van der Waals surface area (Å²) in [4.78, 5) is 6.58. The van der Waals surface area contributed by atoms with Gasteiger partial charge in [0, 0.05) is 43.6 Å². The zero-order valence-electron chi connectivity index (χ0n) is 11.7. The van der Waals surface area contributed by atoms with Gasteiger partial charge in [-0.1, -0.05) is 22.2 Å². The van der Waals surface area contributed by atoms with Crippen LogP contribution in [0.25, 0.3) is 0 Å². The maximum atomic E-state index is 6.15. The normalized spacial score (nSPS) is 18.5. The summed E-state index contributed by atoms with van der Waals surface area (Å²) >= 11 is 7.39. The molecule has 2 aromatic rings. The van der Waals surface area contributed by atoms with E-state index in [0.717, 1.165) is 38.4 Å². The Bertz CT molecular complexity index is 556. The fourth-order valence-electron chi connectivity index (χ4n) is 2.67. The third-order valence-corrected chi connectivity index (χ3v) is 4.67. The number of pyridine rings is 1. The Hall–Kier alpha value is -1.08. The van der Waals surface area contributed by atoms with Crippen molar-refractivity contribution in [1.82, 2.24) is 24.8 Å². The number of aromatic nitrogens is 3. The van der Waals surface area contributed by atoms with E-state index >= 15 is 0 Å². The van der Waals surface area contributed by atoms with E-state index in [1.54, 1.807) is 6.20 Å². The molecule has 0 amide bonds. The second kappa shape index (κ2) is 7.26. The molecule has 0 radical (unpaired) electrons. The van der Waals surface area contributed by atoms with E-state index < -0.39 is 0 Å². The van der Waals surface area contributed by atoms with Gasteiger partial charge in [-0.15, -0.1) is 5.10 Å². The predicted molar refractivity (Wildman–Crippen MR) is 84.2 cm³/mol.